The normalized spacial score (nSPS) is 10.3. The molecule has 2 rings (SSSR count). The summed E-state index contributed by atoms with van der Waals surface area (Å²) >= 11 is 0. The summed E-state index contributed by atoms with van der Waals surface area (Å²) in [6.45, 7) is 0.429. The largest absolute Gasteiger partial charge is 0.491 e. The van der Waals surface area contributed by atoms with Crippen molar-refractivity contribution in [2.45, 2.75) is 4.90 Å². The Hall–Kier alpha value is -1.89. The predicted molar refractivity (Wildman–Crippen MR) is 75.3 cm³/mol. The molecule has 0 heterocycles. The molecule has 0 aliphatic rings. The van der Waals surface area contributed by atoms with Crippen molar-refractivity contribution in [2.75, 3.05) is 13.2 Å². The first-order valence-electron chi connectivity index (χ1n) is 5.85. The average Bonchev–Trinajstić information content (AvgIpc) is 2.47. The van der Waals surface area contributed by atoms with Gasteiger partial charge in [-0.25, -0.2) is 0 Å². The number of hydrogen-bond acceptors (Lipinski definition) is 4. The van der Waals surface area contributed by atoms with E-state index in [2.05, 4.69) is 0 Å². The van der Waals surface area contributed by atoms with Crippen molar-refractivity contribution in [1.82, 2.24) is 0 Å². The topological polar surface area (TPSA) is 83.8 Å². The van der Waals surface area contributed by atoms with Crippen LogP contribution in [0.15, 0.2) is 65.6 Å². The van der Waals surface area contributed by atoms with Crippen LogP contribution in [0.4, 0.5) is 0 Å². The second kappa shape index (κ2) is 8.31. The van der Waals surface area contributed by atoms with E-state index in [0.717, 1.165) is 5.75 Å². The van der Waals surface area contributed by atoms with Gasteiger partial charge in [-0.05, 0) is 24.3 Å². The van der Waals surface area contributed by atoms with Crippen LogP contribution in [0.1, 0.15) is 0 Å². The van der Waals surface area contributed by atoms with E-state index in [4.69, 9.17) is 14.4 Å². The van der Waals surface area contributed by atoms with Crippen LogP contribution < -0.4 is 4.74 Å². The Kier molecular flexibility index (Phi) is 6.72. The monoisotopic (exact) mass is 296 g/mol. The molecule has 2 aromatic carbocycles. The van der Waals surface area contributed by atoms with Crippen LogP contribution in [0.3, 0.4) is 0 Å². The molecule has 0 saturated heterocycles. The summed E-state index contributed by atoms with van der Waals surface area (Å²) in [4.78, 5) is -0.0741. The number of rotatable bonds is 4. The third-order valence-corrected chi connectivity index (χ3v) is 3.01. The van der Waals surface area contributed by atoms with Crippen molar-refractivity contribution in [3.05, 3.63) is 60.7 Å². The van der Waals surface area contributed by atoms with Gasteiger partial charge in [0, 0.05) is 0 Å². The molecule has 0 radical (unpaired) electrons. The van der Waals surface area contributed by atoms with Gasteiger partial charge >= 0.3 is 0 Å². The van der Waals surface area contributed by atoms with Crippen molar-refractivity contribution in [2.24, 2.45) is 0 Å². The maximum atomic E-state index is 10.4. The molecule has 0 aliphatic heterocycles. The van der Waals surface area contributed by atoms with Gasteiger partial charge < -0.3 is 9.84 Å². The third-order valence-electron chi connectivity index (χ3n) is 2.14. The fourth-order valence-electron chi connectivity index (χ4n) is 1.27. The average molecular weight is 296 g/mol. The maximum absolute atomic E-state index is 10.4. The van der Waals surface area contributed by atoms with Crippen LogP contribution in [0, 0.1) is 0 Å². The first kappa shape index (κ1) is 16.2. The second-order valence-corrected chi connectivity index (χ2v) is 5.09. The minimum atomic E-state index is -4.00. The van der Waals surface area contributed by atoms with Gasteiger partial charge in [0.15, 0.2) is 0 Å². The molecule has 0 spiro atoms. The number of aliphatic hydroxyl groups is 1. The third kappa shape index (κ3) is 6.33. The van der Waals surface area contributed by atoms with Crippen LogP contribution in [-0.2, 0) is 10.1 Å². The summed E-state index contributed by atoms with van der Waals surface area (Å²) in [7, 11) is -4.00. The molecule has 6 heteroatoms. The molecular weight excluding hydrogens is 280 g/mol. The lowest BCUT2D eigenvalue weighted by Gasteiger charge is -2.01. The first-order chi connectivity index (χ1) is 9.54. The number of para-hydroxylation sites is 1. The van der Waals surface area contributed by atoms with Gasteiger partial charge in [-0.1, -0.05) is 36.4 Å². The van der Waals surface area contributed by atoms with E-state index in [0.29, 0.717) is 6.61 Å². The van der Waals surface area contributed by atoms with Gasteiger partial charge in [0.05, 0.1) is 11.5 Å². The minimum Gasteiger partial charge on any atom is -0.491 e. The summed E-state index contributed by atoms with van der Waals surface area (Å²) in [6, 6.07) is 16.8. The van der Waals surface area contributed by atoms with Crippen molar-refractivity contribution in [3.8, 4) is 5.75 Å². The molecule has 0 fully saturated rings. The number of hydrogen-bond donors (Lipinski definition) is 2. The summed E-state index contributed by atoms with van der Waals surface area (Å²) in [5.41, 5.74) is 0. The Balaban J connectivity index is 0.000000200. The lowest BCUT2D eigenvalue weighted by atomic mass is 10.3. The van der Waals surface area contributed by atoms with Gasteiger partial charge in [0.25, 0.3) is 10.1 Å². The summed E-state index contributed by atoms with van der Waals surface area (Å²) in [5, 5.41) is 8.40. The van der Waals surface area contributed by atoms with E-state index in [-0.39, 0.29) is 11.5 Å². The van der Waals surface area contributed by atoms with E-state index in [1.54, 1.807) is 18.2 Å². The predicted octanol–water partition coefficient (Wildman–Crippen LogP) is 1.99. The zero-order chi connectivity index (χ0) is 14.8. The quantitative estimate of drug-likeness (QED) is 0.843. The highest BCUT2D eigenvalue weighted by molar-refractivity contribution is 7.85. The van der Waals surface area contributed by atoms with Crippen molar-refractivity contribution in [1.29, 1.82) is 0 Å². The van der Waals surface area contributed by atoms with E-state index >= 15 is 0 Å². The lowest BCUT2D eigenvalue weighted by Crippen LogP contribution is -2.00. The lowest BCUT2D eigenvalue weighted by molar-refractivity contribution is 0.201. The Bertz CT molecular complexity index is 581. The molecule has 0 unspecified atom stereocenters. The molecule has 0 bridgehead atoms. The molecular formula is C14H16O5S. The highest BCUT2D eigenvalue weighted by Gasteiger charge is 2.05. The van der Waals surface area contributed by atoms with Crippen LogP contribution in [0.2, 0.25) is 0 Å². The van der Waals surface area contributed by atoms with E-state index in [1.165, 1.54) is 12.1 Å². The maximum Gasteiger partial charge on any atom is 0.294 e. The van der Waals surface area contributed by atoms with Crippen LogP contribution >= 0.6 is 0 Å². The number of aliphatic hydroxyl groups excluding tert-OH is 1. The fraction of sp³-hybridized carbons (Fsp3) is 0.143. The summed E-state index contributed by atoms with van der Waals surface area (Å²) in [6.07, 6.45) is 0. The fourth-order valence-corrected chi connectivity index (χ4v) is 1.77. The molecule has 0 aliphatic carbocycles. The van der Waals surface area contributed by atoms with Crippen molar-refractivity contribution < 1.29 is 22.8 Å². The number of ether oxygens (including phenoxy) is 1. The van der Waals surface area contributed by atoms with Gasteiger partial charge in [-0.2, -0.15) is 8.42 Å². The van der Waals surface area contributed by atoms with Crippen LogP contribution in [0.5, 0.6) is 5.75 Å². The Morgan fingerprint density at radius 3 is 1.80 bits per heavy atom. The molecule has 108 valence electrons. The SMILES string of the molecule is O=S(=O)(O)c1ccccc1.OCCOc1ccccc1. The molecule has 5 nitrogen and oxygen atoms in total. The zero-order valence-electron chi connectivity index (χ0n) is 10.7. The van der Waals surface area contributed by atoms with Gasteiger partial charge in [-0.15, -0.1) is 0 Å². The molecule has 0 amide bonds. The second-order valence-electron chi connectivity index (χ2n) is 3.67. The molecule has 0 atom stereocenters. The number of benzene rings is 2. The molecule has 0 aromatic heterocycles. The van der Waals surface area contributed by atoms with E-state index in [9.17, 15) is 8.42 Å². The van der Waals surface area contributed by atoms with Gasteiger partial charge in [0.1, 0.15) is 12.4 Å². The van der Waals surface area contributed by atoms with Crippen molar-refractivity contribution in [3.63, 3.8) is 0 Å². The Morgan fingerprint density at radius 2 is 1.40 bits per heavy atom. The summed E-state index contributed by atoms with van der Waals surface area (Å²) < 4.78 is 34.3. The van der Waals surface area contributed by atoms with Gasteiger partial charge in [-0.3, -0.25) is 4.55 Å². The summed E-state index contributed by atoms with van der Waals surface area (Å²) in [5.74, 6) is 0.802. The van der Waals surface area contributed by atoms with Crippen molar-refractivity contribution >= 4 is 10.1 Å². The molecule has 0 saturated carbocycles. The molecule has 20 heavy (non-hydrogen) atoms. The Labute approximate surface area is 118 Å². The highest BCUT2D eigenvalue weighted by Crippen LogP contribution is 2.07. The van der Waals surface area contributed by atoms with Gasteiger partial charge in [0.2, 0.25) is 0 Å². The Morgan fingerprint density at radius 1 is 0.900 bits per heavy atom. The van der Waals surface area contributed by atoms with E-state index < -0.39 is 10.1 Å². The molecule has 2 N–H and O–H groups in total. The smallest absolute Gasteiger partial charge is 0.294 e. The standard InChI is InChI=1S/C8H10O2.C6H6O3S/c9-6-7-10-8-4-2-1-3-5-8;7-10(8,9)6-4-2-1-3-5-6/h1-5,9H,6-7H2;1-5H,(H,7,8,9). The zero-order valence-corrected chi connectivity index (χ0v) is 11.5. The first-order valence-corrected chi connectivity index (χ1v) is 7.29. The van der Waals surface area contributed by atoms with Crippen LogP contribution in [0.25, 0.3) is 0 Å². The molecule has 2 aromatic rings. The van der Waals surface area contributed by atoms with Crippen LogP contribution in [-0.4, -0.2) is 31.3 Å². The van der Waals surface area contributed by atoms with E-state index in [1.807, 2.05) is 30.3 Å². The minimum absolute atomic E-state index is 0.0644. The highest BCUT2D eigenvalue weighted by atomic mass is 32.2.